The summed E-state index contributed by atoms with van der Waals surface area (Å²) in [7, 11) is 1.12. The number of hydrogen-bond donors (Lipinski definition) is 3. The van der Waals surface area contributed by atoms with Crippen molar-refractivity contribution in [2.24, 2.45) is 0 Å². The number of carbonyl (C=O) groups excluding carboxylic acids is 4. The number of nitrogens with zero attached hydrogens (tertiary/aromatic N) is 1. The molecule has 0 saturated carbocycles. The Labute approximate surface area is 180 Å². The number of anilines is 2. The zero-order valence-corrected chi connectivity index (χ0v) is 17.6. The first-order chi connectivity index (χ1) is 14.4. The second kappa shape index (κ2) is 11.0. The summed E-state index contributed by atoms with van der Waals surface area (Å²) in [6.45, 7) is 1.97. The quantitative estimate of drug-likeness (QED) is 0.453. The van der Waals surface area contributed by atoms with Gasteiger partial charge in [-0.25, -0.2) is 19.2 Å². The van der Waals surface area contributed by atoms with Gasteiger partial charge in [0.15, 0.2) is 5.78 Å². The highest BCUT2D eigenvalue weighted by Crippen LogP contribution is 2.30. The Morgan fingerprint density at radius 1 is 1.03 bits per heavy atom. The van der Waals surface area contributed by atoms with Gasteiger partial charge in [0, 0.05) is 17.5 Å². The van der Waals surface area contributed by atoms with Crippen molar-refractivity contribution >= 4 is 48.0 Å². The van der Waals surface area contributed by atoms with Crippen LogP contribution in [-0.4, -0.2) is 30.9 Å². The average molecular weight is 429 g/mol. The van der Waals surface area contributed by atoms with Crippen molar-refractivity contribution < 1.29 is 23.9 Å². The molecular weight excluding hydrogens is 406 g/mol. The molecule has 2 aromatic carbocycles. The highest BCUT2D eigenvalue weighted by atomic mass is 32.1. The zero-order valence-electron chi connectivity index (χ0n) is 16.7. The number of unbranched alkanes of at least 4 members (excludes halogenated alkanes) is 1. The number of hydrogen-bond acceptors (Lipinski definition) is 6. The predicted molar refractivity (Wildman–Crippen MR) is 117 cm³/mol. The van der Waals surface area contributed by atoms with Gasteiger partial charge in [-0.15, -0.1) is 0 Å². The number of nitrogens with one attached hydrogen (secondary N) is 2. The van der Waals surface area contributed by atoms with Crippen molar-refractivity contribution in [3.05, 3.63) is 59.7 Å². The van der Waals surface area contributed by atoms with Gasteiger partial charge >= 0.3 is 12.1 Å². The lowest BCUT2D eigenvalue weighted by atomic mass is 10.0. The molecule has 2 rings (SSSR count). The van der Waals surface area contributed by atoms with Crippen LogP contribution in [0.2, 0.25) is 0 Å². The average Bonchev–Trinajstić information content (AvgIpc) is 2.77. The SMILES string of the molecule is CCCCC(=O)Nc1ccc(C(=O)c2ccccc2)cc1N(S)C(=O)NC(=O)OC. The third-order valence-corrected chi connectivity index (χ3v) is 4.54. The number of rotatable bonds is 7. The predicted octanol–water partition coefficient (Wildman–Crippen LogP) is 4.17. The Bertz CT molecular complexity index is 933. The molecule has 30 heavy (non-hydrogen) atoms. The van der Waals surface area contributed by atoms with Crippen LogP contribution in [0.15, 0.2) is 48.5 Å². The van der Waals surface area contributed by atoms with Crippen LogP contribution >= 0.6 is 12.8 Å². The van der Waals surface area contributed by atoms with Gasteiger partial charge in [0.05, 0.1) is 18.5 Å². The number of amides is 4. The summed E-state index contributed by atoms with van der Waals surface area (Å²) in [5.74, 6) is -0.508. The van der Waals surface area contributed by atoms with Crippen LogP contribution in [0.5, 0.6) is 0 Å². The lowest BCUT2D eigenvalue weighted by Gasteiger charge is -2.20. The second-order valence-electron chi connectivity index (χ2n) is 6.31. The largest absolute Gasteiger partial charge is 0.453 e. The molecule has 0 heterocycles. The van der Waals surface area contributed by atoms with Crippen LogP contribution < -0.4 is 14.9 Å². The minimum atomic E-state index is -0.968. The molecule has 0 radical (unpaired) electrons. The fraction of sp³-hybridized carbons (Fsp3) is 0.238. The third-order valence-electron chi connectivity index (χ3n) is 4.14. The van der Waals surface area contributed by atoms with Crippen LogP contribution in [0, 0.1) is 0 Å². The van der Waals surface area contributed by atoms with Crippen molar-refractivity contribution in [1.82, 2.24) is 5.32 Å². The molecule has 0 bridgehead atoms. The van der Waals surface area contributed by atoms with E-state index in [1.165, 1.54) is 12.1 Å². The van der Waals surface area contributed by atoms with Crippen molar-refractivity contribution in [2.75, 3.05) is 16.7 Å². The fourth-order valence-electron chi connectivity index (χ4n) is 2.56. The molecule has 0 aliphatic carbocycles. The number of ketones is 1. The van der Waals surface area contributed by atoms with Gasteiger partial charge in [0.25, 0.3) is 0 Å². The summed E-state index contributed by atoms with van der Waals surface area (Å²) in [4.78, 5) is 48.6. The van der Waals surface area contributed by atoms with Gasteiger partial charge in [0.1, 0.15) is 0 Å². The molecule has 0 aliphatic heterocycles. The standard InChI is InChI=1S/C21H23N3O5S/c1-3-4-10-18(25)22-16-12-11-15(19(26)14-8-6-5-7-9-14)13-17(16)24(30)20(27)23-21(28)29-2/h5-9,11-13,30H,3-4,10H2,1-2H3,(H,22,25)(H,23,27,28). The summed E-state index contributed by atoms with van der Waals surface area (Å²) in [6, 6.07) is 12.2. The topological polar surface area (TPSA) is 105 Å². The molecule has 0 aromatic heterocycles. The maximum Gasteiger partial charge on any atom is 0.415 e. The molecule has 0 fully saturated rings. The Balaban J connectivity index is 2.39. The smallest absolute Gasteiger partial charge is 0.415 e. The highest BCUT2D eigenvalue weighted by Gasteiger charge is 2.21. The van der Waals surface area contributed by atoms with Crippen LogP contribution in [0.25, 0.3) is 0 Å². The Hall–Kier alpha value is -3.33. The van der Waals surface area contributed by atoms with E-state index in [0.717, 1.165) is 17.8 Å². The Kier molecular flexibility index (Phi) is 8.42. The van der Waals surface area contributed by atoms with Crippen LogP contribution in [0.1, 0.15) is 42.1 Å². The second-order valence-corrected chi connectivity index (χ2v) is 6.71. The van der Waals surface area contributed by atoms with E-state index in [2.05, 4.69) is 22.9 Å². The molecule has 2 aromatic rings. The molecule has 0 spiro atoms. The van der Waals surface area contributed by atoms with Crippen LogP contribution in [-0.2, 0) is 9.53 Å². The van der Waals surface area contributed by atoms with E-state index in [1.54, 1.807) is 36.4 Å². The number of carbonyl (C=O) groups is 4. The van der Waals surface area contributed by atoms with E-state index >= 15 is 0 Å². The highest BCUT2D eigenvalue weighted by molar-refractivity contribution is 7.82. The number of imide groups is 1. The molecule has 2 N–H and O–H groups in total. The minimum absolute atomic E-state index is 0.131. The molecule has 0 saturated heterocycles. The maximum atomic E-state index is 12.8. The number of alkyl carbamates (subject to hydrolysis) is 1. The third kappa shape index (κ3) is 6.08. The molecule has 0 unspecified atom stereocenters. The van der Waals surface area contributed by atoms with E-state index < -0.39 is 12.1 Å². The first-order valence-corrected chi connectivity index (χ1v) is 9.69. The lowest BCUT2D eigenvalue weighted by molar-refractivity contribution is -0.116. The summed E-state index contributed by atoms with van der Waals surface area (Å²) in [5.41, 5.74) is 1.16. The van der Waals surface area contributed by atoms with Gasteiger partial charge in [-0.05, 0) is 24.6 Å². The van der Waals surface area contributed by atoms with Crippen molar-refractivity contribution in [1.29, 1.82) is 0 Å². The first kappa shape index (κ1) is 23.0. The maximum absolute atomic E-state index is 12.8. The molecular formula is C21H23N3O5S. The van der Waals surface area contributed by atoms with E-state index in [4.69, 9.17) is 0 Å². The summed E-state index contributed by atoms with van der Waals surface area (Å²) >= 11 is 4.14. The molecule has 0 aliphatic rings. The zero-order chi connectivity index (χ0) is 22.1. The number of urea groups is 1. The lowest BCUT2D eigenvalue weighted by Crippen LogP contribution is -2.38. The summed E-state index contributed by atoms with van der Waals surface area (Å²) in [5, 5.41) is 4.69. The first-order valence-electron chi connectivity index (χ1n) is 9.29. The van der Waals surface area contributed by atoms with E-state index in [1.807, 2.05) is 12.2 Å². The Morgan fingerprint density at radius 2 is 1.73 bits per heavy atom. The molecule has 9 heteroatoms. The monoisotopic (exact) mass is 429 g/mol. The van der Waals surface area contributed by atoms with Gasteiger partial charge in [-0.2, -0.15) is 0 Å². The fourth-order valence-corrected chi connectivity index (χ4v) is 2.78. The van der Waals surface area contributed by atoms with Crippen molar-refractivity contribution in [2.45, 2.75) is 26.2 Å². The summed E-state index contributed by atoms with van der Waals surface area (Å²) < 4.78 is 5.24. The van der Waals surface area contributed by atoms with Crippen LogP contribution in [0.4, 0.5) is 21.0 Å². The molecule has 158 valence electrons. The number of ether oxygens (including phenoxy) is 1. The molecule has 0 atom stereocenters. The summed E-state index contributed by atoms with van der Waals surface area (Å²) in [6.07, 6.45) is 0.898. The van der Waals surface area contributed by atoms with E-state index in [9.17, 15) is 19.2 Å². The minimum Gasteiger partial charge on any atom is -0.453 e. The number of benzene rings is 2. The van der Waals surface area contributed by atoms with Gasteiger partial charge in [-0.3, -0.25) is 9.59 Å². The van der Waals surface area contributed by atoms with E-state index in [-0.39, 0.29) is 28.6 Å². The normalized spacial score (nSPS) is 10.1. The van der Waals surface area contributed by atoms with Crippen molar-refractivity contribution in [3.63, 3.8) is 0 Å². The van der Waals surface area contributed by atoms with Crippen molar-refractivity contribution in [3.8, 4) is 0 Å². The number of methoxy groups -OCH3 is 1. The van der Waals surface area contributed by atoms with E-state index in [0.29, 0.717) is 18.4 Å². The van der Waals surface area contributed by atoms with Crippen LogP contribution in [0.3, 0.4) is 0 Å². The number of thiol groups is 1. The molecule has 8 nitrogen and oxygen atoms in total. The Morgan fingerprint density at radius 3 is 2.37 bits per heavy atom. The van der Waals surface area contributed by atoms with Gasteiger partial charge < -0.3 is 10.1 Å². The molecule has 4 amide bonds. The van der Waals surface area contributed by atoms with Gasteiger partial charge in [-0.1, -0.05) is 56.5 Å². The van der Waals surface area contributed by atoms with Gasteiger partial charge in [0.2, 0.25) is 5.91 Å².